The van der Waals surface area contributed by atoms with E-state index in [4.69, 9.17) is 15.2 Å². The van der Waals surface area contributed by atoms with E-state index in [-0.39, 0.29) is 33.4 Å². The van der Waals surface area contributed by atoms with Gasteiger partial charge < -0.3 is 41.3 Å². The zero-order chi connectivity index (χ0) is 21.7. The first-order valence-corrected chi connectivity index (χ1v) is 8.20. The largest absolute Gasteiger partial charge is 0.738 e. The molecule has 0 aliphatic carbocycles. The monoisotopic (exact) mass is 411 g/mol. The lowest BCUT2D eigenvalue weighted by Gasteiger charge is -2.38. The van der Waals surface area contributed by atoms with Crippen LogP contribution in [0.1, 0.15) is 25.3 Å². The van der Waals surface area contributed by atoms with Crippen LogP contribution in [-0.2, 0) is 14.4 Å². The van der Waals surface area contributed by atoms with E-state index >= 15 is 0 Å². The number of carbonyl (C=O) groups excluding carboxylic acids is 1. The van der Waals surface area contributed by atoms with Crippen molar-refractivity contribution in [2.45, 2.75) is 19.8 Å². The second kappa shape index (κ2) is 9.64. The van der Waals surface area contributed by atoms with E-state index in [0.717, 1.165) is 0 Å². The number of hydroxylamine groups is 2. The number of anilines is 1. The Hall–Kier alpha value is -2.75. The normalized spacial score (nSPS) is 16.8. The zero-order valence-electron chi connectivity index (χ0n) is 15.4. The Morgan fingerprint density at radius 2 is 1.79 bits per heavy atom. The molecule has 1 atom stereocenters. The van der Waals surface area contributed by atoms with Gasteiger partial charge in [-0.15, -0.1) is 5.39 Å². The number of hydrogen-bond acceptors (Lipinski definition) is 13. The number of allylic oxidation sites excluding steroid dienone is 3. The molecule has 0 amide bonds. The number of hydrogen-bond donors (Lipinski definition) is 4. The second-order valence-corrected chi connectivity index (χ2v) is 5.95. The quantitative estimate of drug-likeness (QED) is 0.273. The maximum Gasteiger partial charge on any atom is 0.336 e. The lowest BCUT2D eigenvalue weighted by molar-refractivity contribution is -0.307. The number of carbonyl (C=O) groups is 1. The van der Waals surface area contributed by atoms with Gasteiger partial charge in [-0.25, -0.2) is 4.79 Å². The maximum absolute atomic E-state index is 12.7. The summed E-state index contributed by atoms with van der Waals surface area (Å²) in [5.41, 5.74) is 0.353. The number of dihydropyridines is 1. The molecule has 1 heterocycles. The molecule has 13 heteroatoms. The molecule has 0 aromatic heterocycles. The van der Waals surface area contributed by atoms with Crippen LogP contribution in [0.2, 0.25) is 0 Å². The first-order chi connectivity index (χ1) is 13.6. The van der Waals surface area contributed by atoms with Crippen LogP contribution in [0.15, 0.2) is 46.9 Å². The van der Waals surface area contributed by atoms with E-state index in [1.807, 2.05) is 0 Å². The Kier molecular flexibility index (Phi) is 7.49. The van der Waals surface area contributed by atoms with Crippen molar-refractivity contribution in [3.8, 4) is 0 Å². The molecule has 4 N–H and O–H groups in total. The van der Waals surface area contributed by atoms with E-state index in [2.05, 4.69) is 10.2 Å². The van der Waals surface area contributed by atoms with Gasteiger partial charge in [0.05, 0.1) is 22.9 Å². The van der Waals surface area contributed by atoms with Crippen LogP contribution in [-0.4, -0.2) is 45.4 Å². The fourth-order valence-electron chi connectivity index (χ4n) is 2.98. The summed E-state index contributed by atoms with van der Waals surface area (Å²) in [5.74, 6) is -2.04. The average Bonchev–Trinajstić information content (AvgIpc) is 2.64. The van der Waals surface area contributed by atoms with Crippen molar-refractivity contribution >= 4 is 11.7 Å². The fraction of sp³-hybridized carbons (Fsp3) is 0.312. The zero-order valence-corrected chi connectivity index (χ0v) is 15.4. The molecule has 0 spiro atoms. The molecule has 2 rings (SSSR count). The minimum Gasteiger partial charge on any atom is -0.738 e. The minimum absolute atomic E-state index is 0.0592. The van der Waals surface area contributed by atoms with Gasteiger partial charge in [0.2, 0.25) is 0 Å². The molecule has 29 heavy (non-hydrogen) atoms. The third-order valence-electron chi connectivity index (χ3n) is 4.09. The lowest BCUT2D eigenvalue weighted by Crippen LogP contribution is -2.34. The number of benzene rings is 1. The Bertz CT molecular complexity index is 807. The van der Waals surface area contributed by atoms with Crippen LogP contribution >= 0.6 is 0 Å². The van der Waals surface area contributed by atoms with E-state index in [9.17, 15) is 25.6 Å². The molecule has 0 fully saturated rings. The van der Waals surface area contributed by atoms with E-state index in [1.54, 1.807) is 0 Å². The fourth-order valence-corrected chi connectivity index (χ4v) is 2.98. The molecule has 0 saturated heterocycles. The lowest BCUT2D eigenvalue weighted by atomic mass is 9.84. The Balaban J connectivity index is 2.42. The summed E-state index contributed by atoms with van der Waals surface area (Å²) >= 11 is 0. The van der Waals surface area contributed by atoms with Crippen LogP contribution in [0.25, 0.3) is 0 Å². The van der Waals surface area contributed by atoms with Crippen molar-refractivity contribution < 1.29 is 30.0 Å². The van der Waals surface area contributed by atoms with Gasteiger partial charge in [-0.05, 0) is 31.5 Å². The van der Waals surface area contributed by atoms with Crippen LogP contribution < -0.4 is 10.5 Å². The standard InChI is InChI=1S/C16H19N4O9/c1-9-13(16(21)28-6-7-29-20(26)27)14(15(19(24)25)10(2)17-9)11-4-3-5-12(8-11)18(22)23/h3-5,8,14,17,22,24,26H,6-7H2,1-2H3/q-3/t14-/m0/s1. The average molecular weight is 411 g/mol. The van der Waals surface area contributed by atoms with E-state index < -0.39 is 35.7 Å². The second-order valence-electron chi connectivity index (χ2n) is 5.95. The van der Waals surface area contributed by atoms with Gasteiger partial charge in [-0.3, -0.25) is 15.3 Å². The summed E-state index contributed by atoms with van der Waals surface area (Å²) in [5, 5.41) is 61.7. The predicted molar refractivity (Wildman–Crippen MR) is 96.2 cm³/mol. The maximum atomic E-state index is 12.7. The summed E-state index contributed by atoms with van der Waals surface area (Å²) in [7, 11) is 0. The van der Waals surface area contributed by atoms with E-state index in [0.29, 0.717) is 5.70 Å². The molecule has 1 aromatic rings. The van der Waals surface area contributed by atoms with Crippen LogP contribution in [0.4, 0.5) is 5.69 Å². The third kappa shape index (κ3) is 5.41. The molecule has 0 bridgehead atoms. The van der Waals surface area contributed by atoms with Crippen molar-refractivity contribution in [3.63, 3.8) is 0 Å². The van der Waals surface area contributed by atoms with Gasteiger partial charge >= 0.3 is 5.97 Å². The van der Waals surface area contributed by atoms with Crippen molar-refractivity contribution in [2.75, 3.05) is 18.4 Å². The molecule has 1 aromatic carbocycles. The molecular formula is C16H19N4O9-3. The van der Waals surface area contributed by atoms with Gasteiger partial charge in [0, 0.05) is 11.4 Å². The first kappa shape index (κ1) is 22.5. The van der Waals surface area contributed by atoms with Crippen molar-refractivity contribution in [1.29, 1.82) is 0 Å². The van der Waals surface area contributed by atoms with Crippen LogP contribution in [0, 0.1) is 15.6 Å². The molecule has 0 saturated carbocycles. The van der Waals surface area contributed by atoms with Gasteiger partial charge in [0.25, 0.3) is 0 Å². The molecule has 0 radical (unpaired) electrons. The highest BCUT2D eigenvalue weighted by atomic mass is 17.1. The number of rotatable bonds is 8. The Labute approximate surface area is 164 Å². The van der Waals surface area contributed by atoms with Crippen LogP contribution in [0.3, 0.4) is 0 Å². The summed E-state index contributed by atoms with van der Waals surface area (Å²) in [6.45, 7) is 2.21. The Morgan fingerprint density at radius 3 is 2.38 bits per heavy atom. The molecule has 0 unspecified atom stereocenters. The summed E-state index contributed by atoms with van der Waals surface area (Å²) < 4.78 is 5.01. The molecule has 1 aliphatic rings. The van der Waals surface area contributed by atoms with Crippen molar-refractivity contribution in [2.24, 2.45) is 0 Å². The number of nitrogens with one attached hydrogen (secondary N) is 1. The summed E-state index contributed by atoms with van der Waals surface area (Å²) in [6, 6.07) is 5.45. The number of nitrogens with zero attached hydrogens (tertiary/aromatic N) is 3. The number of ether oxygens (including phenoxy) is 1. The minimum atomic E-state index is -1.14. The molecule has 1 aliphatic heterocycles. The Morgan fingerprint density at radius 1 is 1.10 bits per heavy atom. The highest BCUT2D eigenvalue weighted by Gasteiger charge is 2.35. The SMILES string of the molecule is CC1=C(C(=O)OCCON([O-])O)[C@H](c2cccc(N([O-])O)c2)C(N([O-])O)=C(C)N1. The summed E-state index contributed by atoms with van der Waals surface area (Å²) in [4.78, 5) is 16.8. The van der Waals surface area contributed by atoms with Crippen molar-refractivity contribution in [3.05, 3.63) is 68.1 Å². The van der Waals surface area contributed by atoms with E-state index in [1.165, 1.54) is 38.1 Å². The highest BCUT2D eigenvalue weighted by Crippen LogP contribution is 2.40. The van der Waals surface area contributed by atoms with Gasteiger partial charge in [-0.2, -0.15) is 0 Å². The highest BCUT2D eigenvalue weighted by molar-refractivity contribution is 5.92. The van der Waals surface area contributed by atoms with Gasteiger partial charge in [0.1, 0.15) is 13.2 Å². The molecular weight excluding hydrogens is 392 g/mol. The van der Waals surface area contributed by atoms with Crippen LogP contribution in [0.5, 0.6) is 0 Å². The predicted octanol–water partition coefficient (Wildman–Crippen LogP) is 1.43. The van der Waals surface area contributed by atoms with Gasteiger partial charge in [0.15, 0.2) is 0 Å². The molecule has 160 valence electrons. The topological polar surface area (TPSA) is 187 Å². The molecule has 13 nitrogen and oxygen atoms in total. The summed E-state index contributed by atoms with van der Waals surface area (Å²) in [6.07, 6.45) is 0. The number of esters is 1. The van der Waals surface area contributed by atoms with Crippen molar-refractivity contribution in [1.82, 2.24) is 15.9 Å². The third-order valence-corrected chi connectivity index (χ3v) is 4.09. The smallest absolute Gasteiger partial charge is 0.336 e. The first-order valence-electron chi connectivity index (χ1n) is 8.20. The van der Waals surface area contributed by atoms with Gasteiger partial charge in [-0.1, -0.05) is 12.1 Å².